The van der Waals surface area contributed by atoms with E-state index in [-0.39, 0.29) is 5.54 Å². The van der Waals surface area contributed by atoms with Crippen molar-refractivity contribution in [2.45, 2.75) is 45.4 Å². The molecule has 12 heavy (non-hydrogen) atoms. The Kier molecular flexibility index (Phi) is 5.97. The molecule has 0 saturated heterocycles. The van der Waals surface area contributed by atoms with Crippen molar-refractivity contribution < 1.29 is 0 Å². The van der Waals surface area contributed by atoms with Crippen molar-refractivity contribution in [3.05, 3.63) is 0 Å². The summed E-state index contributed by atoms with van der Waals surface area (Å²) < 4.78 is 3.41. The third-order valence-corrected chi connectivity index (χ3v) is 2.55. The molecule has 0 fully saturated rings. The van der Waals surface area contributed by atoms with Gasteiger partial charge in [0.25, 0.3) is 0 Å². The predicted molar refractivity (Wildman–Crippen MR) is 58.5 cm³/mol. The fourth-order valence-electron chi connectivity index (χ4n) is 0.667. The maximum atomic E-state index is 3.41. The highest BCUT2D eigenvalue weighted by atomic mass is 32.2. The SMILES string of the molecule is CCNCC(C)SNC(C)(C)C. The Morgan fingerprint density at radius 1 is 1.33 bits per heavy atom. The van der Waals surface area contributed by atoms with Gasteiger partial charge in [0, 0.05) is 17.3 Å². The molecule has 0 heterocycles. The van der Waals surface area contributed by atoms with Gasteiger partial charge in [0.2, 0.25) is 0 Å². The van der Waals surface area contributed by atoms with E-state index in [1.54, 1.807) is 0 Å². The van der Waals surface area contributed by atoms with Crippen LogP contribution >= 0.6 is 11.9 Å². The van der Waals surface area contributed by atoms with Gasteiger partial charge in [0.15, 0.2) is 0 Å². The summed E-state index contributed by atoms with van der Waals surface area (Å²) in [5.41, 5.74) is 0.213. The van der Waals surface area contributed by atoms with Crippen LogP contribution in [0.1, 0.15) is 34.6 Å². The van der Waals surface area contributed by atoms with Crippen LogP contribution in [0, 0.1) is 0 Å². The average molecular weight is 190 g/mol. The molecule has 0 saturated carbocycles. The summed E-state index contributed by atoms with van der Waals surface area (Å²) in [5, 5.41) is 3.95. The number of nitrogens with one attached hydrogen (secondary N) is 2. The lowest BCUT2D eigenvalue weighted by Gasteiger charge is -2.22. The molecule has 3 heteroatoms. The molecule has 0 aliphatic heterocycles. The summed E-state index contributed by atoms with van der Waals surface area (Å²) in [4.78, 5) is 0. The molecule has 0 amide bonds. The molecule has 0 aliphatic carbocycles. The van der Waals surface area contributed by atoms with Crippen LogP contribution in [0.25, 0.3) is 0 Å². The van der Waals surface area contributed by atoms with Gasteiger partial charge in [-0.15, -0.1) is 0 Å². The van der Waals surface area contributed by atoms with Crippen molar-refractivity contribution in [1.29, 1.82) is 0 Å². The summed E-state index contributed by atoms with van der Waals surface area (Å²) in [6, 6.07) is 0. The zero-order valence-electron chi connectivity index (χ0n) is 8.90. The van der Waals surface area contributed by atoms with E-state index in [1.165, 1.54) is 0 Å². The van der Waals surface area contributed by atoms with E-state index in [9.17, 15) is 0 Å². The maximum Gasteiger partial charge on any atom is 0.0289 e. The van der Waals surface area contributed by atoms with Gasteiger partial charge < -0.3 is 5.32 Å². The first-order valence-electron chi connectivity index (χ1n) is 4.59. The van der Waals surface area contributed by atoms with Crippen LogP contribution < -0.4 is 10.0 Å². The second kappa shape index (κ2) is 5.84. The maximum absolute atomic E-state index is 3.41. The van der Waals surface area contributed by atoms with Gasteiger partial charge in [-0.25, -0.2) is 0 Å². The summed E-state index contributed by atoms with van der Waals surface area (Å²) in [6.07, 6.45) is 0. The Balaban J connectivity index is 3.37. The number of rotatable bonds is 5. The molecule has 1 atom stereocenters. The van der Waals surface area contributed by atoms with Crippen molar-refractivity contribution >= 4 is 11.9 Å². The van der Waals surface area contributed by atoms with E-state index in [0.29, 0.717) is 5.25 Å². The minimum absolute atomic E-state index is 0.213. The molecular weight excluding hydrogens is 168 g/mol. The summed E-state index contributed by atoms with van der Waals surface area (Å²) in [5.74, 6) is 0. The molecule has 0 rings (SSSR count). The van der Waals surface area contributed by atoms with E-state index in [1.807, 2.05) is 11.9 Å². The fraction of sp³-hybridized carbons (Fsp3) is 1.00. The van der Waals surface area contributed by atoms with E-state index in [4.69, 9.17) is 0 Å². The lowest BCUT2D eigenvalue weighted by atomic mass is 10.1. The molecule has 0 radical (unpaired) electrons. The largest absolute Gasteiger partial charge is 0.316 e. The van der Waals surface area contributed by atoms with Crippen molar-refractivity contribution in [3.63, 3.8) is 0 Å². The number of hydrogen-bond donors (Lipinski definition) is 2. The third kappa shape index (κ3) is 8.37. The Labute approximate surface area is 81.0 Å². The van der Waals surface area contributed by atoms with E-state index >= 15 is 0 Å². The molecule has 2 nitrogen and oxygen atoms in total. The van der Waals surface area contributed by atoms with Crippen LogP contribution in [0.4, 0.5) is 0 Å². The second-order valence-electron chi connectivity index (χ2n) is 4.09. The molecule has 0 aromatic heterocycles. The van der Waals surface area contributed by atoms with Crippen LogP contribution in [-0.2, 0) is 0 Å². The zero-order valence-corrected chi connectivity index (χ0v) is 9.72. The highest BCUT2D eigenvalue weighted by molar-refractivity contribution is 7.98. The topological polar surface area (TPSA) is 24.1 Å². The average Bonchev–Trinajstić information content (AvgIpc) is 1.95. The molecule has 74 valence electrons. The van der Waals surface area contributed by atoms with Crippen molar-refractivity contribution in [2.24, 2.45) is 0 Å². The lowest BCUT2D eigenvalue weighted by Crippen LogP contribution is -2.33. The van der Waals surface area contributed by atoms with Gasteiger partial charge >= 0.3 is 0 Å². The minimum atomic E-state index is 0.213. The van der Waals surface area contributed by atoms with Crippen LogP contribution in [-0.4, -0.2) is 23.9 Å². The van der Waals surface area contributed by atoms with Crippen LogP contribution in [0.5, 0.6) is 0 Å². The molecule has 0 aromatic carbocycles. The predicted octanol–water partition coefficient (Wildman–Crippen LogP) is 2.02. The third-order valence-electron chi connectivity index (χ3n) is 1.25. The Morgan fingerprint density at radius 2 is 1.92 bits per heavy atom. The van der Waals surface area contributed by atoms with Crippen LogP contribution in [0.2, 0.25) is 0 Å². The number of hydrogen-bond acceptors (Lipinski definition) is 3. The standard InChI is InChI=1S/C9H22N2S/c1-6-10-7-8(2)12-11-9(3,4)5/h8,10-11H,6-7H2,1-5H3. The molecule has 0 aromatic rings. The van der Waals surface area contributed by atoms with Gasteiger partial charge in [-0.2, -0.15) is 0 Å². The van der Waals surface area contributed by atoms with Crippen LogP contribution in [0.15, 0.2) is 0 Å². The summed E-state index contributed by atoms with van der Waals surface area (Å²) in [7, 11) is 0. The van der Waals surface area contributed by atoms with Crippen molar-refractivity contribution in [1.82, 2.24) is 10.0 Å². The van der Waals surface area contributed by atoms with Crippen molar-refractivity contribution in [2.75, 3.05) is 13.1 Å². The second-order valence-corrected chi connectivity index (χ2v) is 5.33. The first-order chi connectivity index (χ1) is 5.45. The molecule has 0 spiro atoms. The van der Waals surface area contributed by atoms with Gasteiger partial charge in [-0.1, -0.05) is 25.8 Å². The normalized spacial score (nSPS) is 14.8. The summed E-state index contributed by atoms with van der Waals surface area (Å²) in [6.45, 7) is 13.0. The Morgan fingerprint density at radius 3 is 2.33 bits per heavy atom. The molecule has 0 bridgehead atoms. The smallest absolute Gasteiger partial charge is 0.0289 e. The van der Waals surface area contributed by atoms with Gasteiger partial charge in [-0.3, -0.25) is 4.72 Å². The Bertz CT molecular complexity index is 110. The molecule has 1 unspecified atom stereocenters. The zero-order chi connectivity index (χ0) is 9.61. The molecule has 0 aliphatic rings. The first kappa shape index (κ1) is 12.3. The van der Waals surface area contributed by atoms with E-state index < -0.39 is 0 Å². The monoisotopic (exact) mass is 190 g/mol. The fourth-order valence-corrected chi connectivity index (χ4v) is 1.42. The Hall–Kier alpha value is 0.270. The van der Waals surface area contributed by atoms with E-state index in [2.05, 4.69) is 44.7 Å². The minimum Gasteiger partial charge on any atom is -0.316 e. The van der Waals surface area contributed by atoms with Gasteiger partial charge in [0.1, 0.15) is 0 Å². The van der Waals surface area contributed by atoms with Gasteiger partial charge in [0.05, 0.1) is 0 Å². The molecule has 2 N–H and O–H groups in total. The quantitative estimate of drug-likeness (QED) is 0.649. The van der Waals surface area contributed by atoms with Crippen LogP contribution in [0.3, 0.4) is 0 Å². The molecular formula is C9H22N2S. The highest BCUT2D eigenvalue weighted by Crippen LogP contribution is 2.11. The van der Waals surface area contributed by atoms with Crippen molar-refractivity contribution in [3.8, 4) is 0 Å². The summed E-state index contributed by atoms with van der Waals surface area (Å²) >= 11 is 1.81. The highest BCUT2D eigenvalue weighted by Gasteiger charge is 2.10. The van der Waals surface area contributed by atoms with E-state index in [0.717, 1.165) is 13.1 Å². The lowest BCUT2D eigenvalue weighted by molar-refractivity contribution is 0.533. The first-order valence-corrected chi connectivity index (χ1v) is 5.47. The van der Waals surface area contributed by atoms with Gasteiger partial charge in [-0.05, 0) is 27.3 Å².